The molecule has 0 aliphatic heterocycles. The first kappa shape index (κ1) is 13.8. The van der Waals surface area contributed by atoms with Gasteiger partial charge in [-0.15, -0.1) is 0 Å². The fourth-order valence-electron chi connectivity index (χ4n) is 2.19. The lowest BCUT2D eigenvalue weighted by Crippen LogP contribution is -2.11. The molecule has 1 aromatic heterocycles. The van der Waals surface area contributed by atoms with E-state index in [1.807, 2.05) is 24.3 Å². The summed E-state index contributed by atoms with van der Waals surface area (Å²) in [5.74, 6) is 8.16. The van der Waals surface area contributed by atoms with Gasteiger partial charge in [0.15, 0.2) is 0 Å². The molecule has 0 radical (unpaired) electrons. The summed E-state index contributed by atoms with van der Waals surface area (Å²) in [7, 11) is 1.68. The summed E-state index contributed by atoms with van der Waals surface area (Å²) in [6.45, 7) is 0.547. The van der Waals surface area contributed by atoms with E-state index in [0.29, 0.717) is 18.3 Å². The molecule has 4 N–H and O–H groups in total. The number of nitrogens with one attached hydrogen (secondary N) is 2. The number of nitrogens with zero attached hydrogens (tertiary/aromatic N) is 2. The number of hydrogen-bond acceptors (Lipinski definition) is 6. The van der Waals surface area contributed by atoms with Crippen LogP contribution in [0, 0.1) is 0 Å². The minimum absolute atomic E-state index is 0.466. The number of ether oxygens (including phenoxy) is 1. The van der Waals surface area contributed by atoms with Crippen molar-refractivity contribution >= 4 is 17.3 Å². The number of benzene rings is 1. The third-order valence-electron chi connectivity index (χ3n) is 3.41. The third kappa shape index (κ3) is 3.29. The van der Waals surface area contributed by atoms with Gasteiger partial charge in [0, 0.05) is 30.3 Å². The molecule has 0 unspecified atom stereocenters. The lowest BCUT2D eigenvalue weighted by atomic mass is 10.2. The van der Waals surface area contributed by atoms with E-state index in [-0.39, 0.29) is 0 Å². The maximum Gasteiger partial charge on any atom is 0.145 e. The molecule has 21 heavy (non-hydrogen) atoms. The molecule has 3 rings (SSSR count). The van der Waals surface area contributed by atoms with Crippen LogP contribution in [-0.2, 0) is 11.3 Å². The first-order valence-corrected chi connectivity index (χ1v) is 6.99. The summed E-state index contributed by atoms with van der Waals surface area (Å²) in [4.78, 5) is 8.98. The zero-order valence-corrected chi connectivity index (χ0v) is 12.0. The van der Waals surface area contributed by atoms with E-state index >= 15 is 0 Å². The average Bonchev–Trinajstić information content (AvgIpc) is 3.34. The van der Waals surface area contributed by atoms with E-state index in [9.17, 15) is 0 Å². The van der Waals surface area contributed by atoms with E-state index in [1.165, 1.54) is 0 Å². The lowest BCUT2D eigenvalue weighted by molar-refractivity contribution is 0.185. The maximum absolute atomic E-state index is 5.49. The normalized spacial score (nSPS) is 14.0. The number of hydrogen-bond donors (Lipinski definition) is 3. The fourth-order valence-corrected chi connectivity index (χ4v) is 2.19. The summed E-state index contributed by atoms with van der Waals surface area (Å²) in [6, 6.07) is 9.80. The number of nitrogens with two attached hydrogens (primary N) is 1. The number of anilines is 3. The van der Waals surface area contributed by atoms with Crippen LogP contribution < -0.4 is 16.6 Å². The van der Waals surface area contributed by atoms with Gasteiger partial charge >= 0.3 is 0 Å². The number of methoxy groups -OCH3 is 1. The molecule has 0 saturated heterocycles. The Bertz CT molecular complexity index is 627. The van der Waals surface area contributed by atoms with Gasteiger partial charge in [0.1, 0.15) is 17.5 Å². The molecule has 2 aromatic rings. The summed E-state index contributed by atoms with van der Waals surface area (Å²) in [5.41, 5.74) is 4.65. The van der Waals surface area contributed by atoms with Gasteiger partial charge in [-0.25, -0.2) is 15.8 Å². The minimum Gasteiger partial charge on any atom is -0.380 e. The molecule has 0 amide bonds. The Balaban J connectivity index is 1.88. The number of nitrogen functional groups attached to an aromatic ring is 1. The standard InChI is InChI=1S/C15H19N5O/c1-21-9-11-4-2-3-5-12(11)17-13-8-14(20-16)19-15(18-13)10-6-7-10/h2-5,8,10H,6-7,9,16H2,1H3,(H2,17,18,19,20). The third-order valence-corrected chi connectivity index (χ3v) is 3.41. The largest absolute Gasteiger partial charge is 0.380 e. The van der Waals surface area contributed by atoms with Gasteiger partial charge in [0.25, 0.3) is 0 Å². The molecule has 0 spiro atoms. The Labute approximate surface area is 123 Å². The van der Waals surface area contributed by atoms with Crippen molar-refractivity contribution in [3.05, 3.63) is 41.7 Å². The summed E-state index contributed by atoms with van der Waals surface area (Å²) in [6.07, 6.45) is 2.29. The molecule has 0 atom stereocenters. The van der Waals surface area contributed by atoms with E-state index in [0.717, 1.165) is 35.7 Å². The summed E-state index contributed by atoms with van der Waals surface area (Å²) < 4.78 is 5.22. The fraction of sp³-hybridized carbons (Fsp3) is 0.333. The second kappa shape index (κ2) is 6.07. The van der Waals surface area contributed by atoms with Gasteiger partial charge < -0.3 is 15.5 Å². The number of hydrazine groups is 1. The maximum atomic E-state index is 5.49. The van der Waals surface area contributed by atoms with Crippen LogP contribution in [0.3, 0.4) is 0 Å². The first-order chi connectivity index (χ1) is 10.3. The van der Waals surface area contributed by atoms with Crippen molar-refractivity contribution < 1.29 is 4.74 Å². The van der Waals surface area contributed by atoms with Crippen LogP contribution >= 0.6 is 0 Å². The van der Waals surface area contributed by atoms with Gasteiger partial charge in [-0.3, -0.25) is 0 Å². The topological polar surface area (TPSA) is 85.1 Å². The lowest BCUT2D eigenvalue weighted by Gasteiger charge is -2.12. The van der Waals surface area contributed by atoms with Gasteiger partial charge in [-0.1, -0.05) is 18.2 Å². The quantitative estimate of drug-likeness (QED) is 0.558. The van der Waals surface area contributed by atoms with Gasteiger partial charge in [0.2, 0.25) is 0 Å². The second-order valence-electron chi connectivity index (χ2n) is 5.13. The highest BCUT2D eigenvalue weighted by atomic mass is 16.5. The average molecular weight is 285 g/mol. The van der Waals surface area contributed by atoms with Crippen molar-refractivity contribution in [2.24, 2.45) is 5.84 Å². The number of aromatic nitrogens is 2. The van der Waals surface area contributed by atoms with Crippen molar-refractivity contribution in [3.63, 3.8) is 0 Å². The highest BCUT2D eigenvalue weighted by Crippen LogP contribution is 2.39. The molecule has 6 nitrogen and oxygen atoms in total. The van der Waals surface area contributed by atoms with Crippen LogP contribution in [0.2, 0.25) is 0 Å². The highest BCUT2D eigenvalue weighted by molar-refractivity contribution is 5.62. The van der Waals surface area contributed by atoms with Gasteiger partial charge in [0.05, 0.1) is 6.61 Å². The predicted octanol–water partition coefficient (Wildman–Crippen LogP) is 2.53. The Kier molecular flexibility index (Phi) is 3.98. The van der Waals surface area contributed by atoms with E-state index in [2.05, 4.69) is 20.7 Å². The molecule has 1 fully saturated rings. The monoisotopic (exact) mass is 285 g/mol. The Morgan fingerprint density at radius 2 is 2.00 bits per heavy atom. The zero-order valence-electron chi connectivity index (χ0n) is 12.0. The van der Waals surface area contributed by atoms with Crippen LogP contribution in [-0.4, -0.2) is 17.1 Å². The minimum atomic E-state index is 0.466. The predicted molar refractivity (Wildman–Crippen MR) is 82.3 cm³/mol. The van der Waals surface area contributed by atoms with Crippen molar-refractivity contribution in [2.75, 3.05) is 17.9 Å². The Morgan fingerprint density at radius 1 is 1.24 bits per heavy atom. The number of rotatable bonds is 6. The molecular formula is C15H19N5O. The summed E-state index contributed by atoms with van der Waals surface area (Å²) >= 11 is 0. The van der Waals surface area contributed by atoms with Crippen LogP contribution in [0.25, 0.3) is 0 Å². The smallest absolute Gasteiger partial charge is 0.145 e. The highest BCUT2D eigenvalue weighted by Gasteiger charge is 2.27. The van der Waals surface area contributed by atoms with Crippen LogP contribution in [0.5, 0.6) is 0 Å². The molecule has 1 aliphatic carbocycles. The van der Waals surface area contributed by atoms with Crippen molar-refractivity contribution in [1.29, 1.82) is 0 Å². The van der Waals surface area contributed by atoms with Crippen molar-refractivity contribution in [2.45, 2.75) is 25.4 Å². The zero-order chi connectivity index (χ0) is 14.7. The van der Waals surface area contributed by atoms with Gasteiger partial charge in [-0.2, -0.15) is 0 Å². The summed E-state index contributed by atoms with van der Waals surface area (Å²) in [5, 5.41) is 3.33. The molecule has 0 bridgehead atoms. The molecule has 1 heterocycles. The SMILES string of the molecule is COCc1ccccc1Nc1cc(NN)nc(C2CC2)n1. The molecule has 1 aliphatic rings. The molecule has 110 valence electrons. The molecule has 1 aromatic carbocycles. The second-order valence-corrected chi connectivity index (χ2v) is 5.13. The van der Waals surface area contributed by atoms with E-state index < -0.39 is 0 Å². The molecule has 6 heteroatoms. The number of para-hydroxylation sites is 1. The van der Waals surface area contributed by atoms with Crippen LogP contribution in [0.4, 0.5) is 17.3 Å². The molecular weight excluding hydrogens is 266 g/mol. The van der Waals surface area contributed by atoms with Gasteiger partial charge in [-0.05, 0) is 18.9 Å². The van der Waals surface area contributed by atoms with Crippen molar-refractivity contribution in [1.82, 2.24) is 9.97 Å². The Hall–Kier alpha value is -2.18. The molecule has 1 saturated carbocycles. The van der Waals surface area contributed by atoms with Crippen molar-refractivity contribution in [3.8, 4) is 0 Å². The van der Waals surface area contributed by atoms with Crippen LogP contribution in [0.1, 0.15) is 30.1 Å². The van der Waals surface area contributed by atoms with E-state index in [4.69, 9.17) is 10.6 Å². The first-order valence-electron chi connectivity index (χ1n) is 6.99. The van der Waals surface area contributed by atoms with Crippen LogP contribution in [0.15, 0.2) is 30.3 Å². The Morgan fingerprint density at radius 3 is 2.71 bits per heavy atom. The van der Waals surface area contributed by atoms with E-state index in [1.54, 1.807) is 13.2 Å².